The van der Waals surface area contributed by atoms with Crippen molar-refractivity contribution in [1.29, 1.82) is 0 Å². The van der Waals surface area contributed by atoms with Crippen LogP contribution in [0.1, 0.15) is 53.0 Å². The van der Waals surface area contributed by atoms with E-state index in [4.69, 9.17) is 9.51 Å². The Kier molecular flexibility index (Phi) is 4.03. The lowest BCUT2D eigenvalue weighted by atomic mass is 9.84. The molecule has 3 N–H and O–H groups in total. The number of aliphatic hydroxyl groups is 1. The van der Waals surface area contributed by atoms with Crippen molar-refractivity contribution in [3.8, 4) is 11.1 Å². The largest absolute Gasteiger partial charge is 0.373 e. The third-order valence-corrected chi connectivity index (χ3v) is 6.10. The zero-order valence-corrected chi connectivity index (χ0v) is 17.6. The summed E-state index contributed by atoms with van der Waals surface area (Å²) in [6.45, 7) is 3.78. The summed E-state index contributed by atoms with van der Waals surface area (Å²) in [7, 11) is 0. The summed E-state index contributed by atoms with van der Waals surface area (Å²) in [5.41, 5.74) is 3.71. The van der Waals surface area contributed by atoms with E-state index in [1.54, 1.807) is 18.5 Å². The van der Waals surface area contributed by atoms with Crippen LogP contribution in [0.4, 0.5) is 0 Å². The molecule has 0 aliphatic heterocycles. The molecule has 0 bridgehead atoms. The fourth-order valence-corrected chi connectivity index (χ4v) is 4.36. The van der Waals surface area contributed by atoms with E-state index in [0.29, 0.717) is 34.1 Å². The van der Waals surface area contributed by atoms with Crippen molar-refractivity contribution in [2.45, 2.75) is 38.2 Å². The van der Waals surface area contributed by atoms with Crippen LogP contribution in [0.2, 0.25) is 0 Å². The molecule has 0 radical (unpaired) electrons. The summed E-state index contributed by atoms with van der Waals surface area (Å²) < 4.78 is 5.42. The van der Waals surface area contributed by atoms with E-state index in [-0.39, 0.29) is 0 Å². The number of aromatic nitrogens is 7. The molecule has 0 spiro atoms. The fourth-order valence-electron chi connectivity index (χ4n) is 4.36. The summed E-state index contributed by atoms with van der Waals surface area (Å²) in [6.07, 6.45) is 5.45. The molecule has 5 aromatic rings. The van der Waals surface area contributed by atoms with Gasteiger partial charge in [0.2, 0.25) is 0 Å². The number of nitrogens with one attached hydrogen (secondary N) is 2. The maximum absolute atomic E-state index is 12.3. The minimum atomic E-state index is -1.67. The molecule has 9 heteroatoms. The Labute approximate surface area is 182 Å². The average molecular weight is 427 g/mol. The van der Waals surface area contributed by atoms with Crippen LogP contribution >= 0.6 is 0 Å². The molecule has 160 valence electrons. The Morgan fingerprint density at radius 1 is 1.16 bits per heavy atom. The van der Waals surface area contributed by atoms with Gasteiger partial charge in [0.25, 0.3) is 0 Å². The number of aryl methyl sites for hydroxylation is 2. The smallest absolute Gasteiger partial charge is 0.179 e. The maximum atomic E-state index is 12.3. The predicted octanol–water partition coefficient (Wildman–Crippen LogP) is 3.51. The first-order chi connectivity index (χ1) is 15.6. The van der Waals surface area contributed by atoms with Gasteiger partial charge in [-0.15, -0.1) is 5.10 Å². The third-order valence-electron chi connectivity index (χ3n) is 6.10. The second-order valence-corrected chi connectivity index (χ2v) is 8.30. The number of fused-ring (bicyclic) bond motifs is 1. The monoisotopic (exact) mass is 427 g/mol. The lowest BCUT2D eigenvalue weighted by Gasteiger charge is -2.26. The van der Waals surface area contributed by atoms with Crippen molar-refractivity contribution in [3.63, 3.8) is 0 Å². The van der Waals surface area contributed by atoms with Crippen LogP contribution in [0, 0.1) is 13.8 Å². The van der Waals surface area contributed by atoms with Crippen LogP contribution in [0.15, 0.2) is 47.2 Å². The first kappa shape index (κ1) is 18.9. The number of imidazole rings is 1. The quantitative estimate of drug-likeness (QED) is 0.391. The summed E-state index contributed by atoms with van der Waals surface area (Å²) in [4.78, 5) is 12.8. The van der Waals surface area contributed by atoms with Gasteiger partial charge in [-0.3, -0.25) is 10.1 Å². The van der Waals surface area contributed by atoms with Crippen LogP contribution in [0.5, 0.6) is 0 Å². The molecular weight excluding hydrogens is 406 g/mol. The minimum Gasteiger partial charge on any atom is -0.373 e. The van der Waals surface area contributed by atoms with Crippen LogP contribution in [0.25, 0.3) is 22.2 Å². The highest BCUT2D eigenvalue weighted by atomic mass is 16.5. The number of benzene rings is 1. The second-order valence-electron chi connectivity index (χ2n) is 8.30. The molecule has 1 unspecified atom stereocenters. The topological polar surface area (TPSA) is 129 Å². The highest BCUT2D eigenvalue weighted by Gasteiger charge is 2.41. The molecule has 4 aromatic heterocycles. The van der Waals surface area contributed by atoms with E-state index in [2.05, 4.69) is 30.5 Å². The van der Waals surface area contributed by atoms with E-state index >= 15 is 0 Å². The zero-order valence-electron chi connectivity index (χ0n) is 17.6. The van der Waals surface area contributed by atoms with Crippen molar-refractivity contribution >= 4 is 11.0 Å². The van der Waals surface area contributed by atoms with Crippen molar-refractivity contribution in [3.05, 3.63) is 77.0 Å². The summed E-state index contributed by atoms with van der Waals surface area (Å²) in [6, 6.07) is 9.38. The molecule has 1 aromatic carbocycles. The fraction of sp³-hybridized carbons (Fsp3) is 0.261. The molecule has 0 amide bonds. The maximum Gasteiger partial charge on any atom is 0.179 e. The Bertz CT molecular complexity index is 1400. The molecule has 1 aliphatic carbocycles. The molecule has 1 atom stereocenters. The molecule has 32 heavy (non-hydrogen) atoms. The van der Waals surface area contributed by atoms with Crippen molar-refractivity contribution < 1.29 is 9.63 Å². The number of rotatable bonds is 5. The van der Waals surface area contributed by atoms with Gasteiger partial charge in [-0.2, -0.15) is 0 Å². The van der Waals surface area contributed by atoms with Gasteiger partial charge in [-0.25, -0.2) is 4.98 Å². The van der Waals surface area contributed by atoms with E-state index in [0.717, 1.165) is 41.0 Å². The number of pyridine rings is 1. The average Bonchev–Trinajstić information content (AvgIpc) is 3.19. The predicted molar refractivity (Wildman–Crippen MR) is 116 cm³/mol. The van der Waals surface area contributed by atoms with Gasteiger partial charge in [0, 0.05) is 29.4 Å². The van der Waals surface area contributed by atoms with Gasteiger partial charge in [0.1, 0.15) is 17.3 Å². The lowest BCUT2D eigenvalue weighted by molar-refractivity contribution is 0.117. The minimum absolute atomic E-state index is 0.337. The summed E-state index contributed by atoms with van der Waals surface area (Å²) >= 11 is 0. The number of aromatic amines is 2. The van der Waals surface area contributed by atoms with Crippen molar-refractivity contribution in [2.24, 2.45) is 0 Å². The molecule has 1 fully saturated rings. The van der Waals surface area contributed by atoms with Crippen LogP contribution < -0.4 is 0 Å². The van der Waals surface area contributed by atoms with Crippen molar-refractivity contribution in [1.82, 2.24) is 35.5 Å². The SMILES string of the molecule is Cc1noc(C)c1-c1cc(C(O)(c2ccccn2)c2c[nH]nn2)c2nc(C3CC3)[nH]c2c1. The molecule has 1 aliphatic rings. The molecule has 0 saturated heterocycles. The number of H-pyrrole nitrogens is 2. The van der Waals surface area contributed by atoms with Gasteiger partial charge in [-0.1, -0.05) is 16.4 Å². The second kappa shape index (κ2) is 6.83. The number of nitrogens with zero attached hydrogens (tertiary/aromatic N) is 5. The Morgan fingerprint density at radius 2 is 2.03 bits per heavy atom. The number of hydrogen-bond donors (Lipinski definition) is 3. The molecule has 1 saturated carbocycles. The van der Waals surface area contributed by atoms with Crippen LogP contribution in [-0.4, -0.2) is 40.6 Å². The van der Waals surface area contributed by atoms with Crippen molar-refractivity contribution in [2.75, 3.05) is 0 Å². The standard InChI is InChI=1S/C23H21N7O2/c1-12-20(13(2)32-29-12)15-9-16(21-17(10-15)26-22(27-21)14-6-7-14)23(31,19-11-25-30-28-19)18-5-3-4-8-24-18/h3-5,8-11,14,31H,6-7H2,1-2H3,(H,26,27)(H,25,28,30). The Morgan fingerprint density at radius 3 is 2.69 bits per heavy atom. The van der Waals surface area contributed by atoms with E-state index in [9.17, 15) is 5.11 Å². The van der Waals surface area contributed by atoms with E-state index in [1.165, 1.54) is 0 Å². The van der Waals surface area contributed by atoms with Crippen LogP contribution in [0.3, 0.4) is 0 Å². The Balaban J connectivity index is 1.69. The molecular formula is C23H21N7O2. The van der Waals surface area contributed by atoms with E-state index in [1.807, 2.05) is 38.1 Å². The molecule has 6 rings (SSSR count). The summed E-state index contributed by atoms with van der Waals surface area (Å²) in [5.74, 6) is 2.06. The highest BCUT2D eigenvalue weighted by molar-refractivity contribution is 5.88. The van der Waals surface area contributed by atoms with Gasteiger partial charge < -0.3 is 14.6 Å². The first-order valence-corrected chi connectivity index (χ1v) is 10.5. The third kappa shape index (κ3) is 2.78. The summed E-state index contributed by atoms with van der Waals surface area (Å²) in [5, 5.41) is 27.1. The Hall–Kier alpha value is -3.85. The zero-order chi connectivity index (χ0) is 21.9. The van der Waals surface area contributed by atoms with Gasteiger partial charge in [0.15, 0.2) is 5.60 Å². The molecule has 4 heterocycles. The first-order valence-electron chi connectivity index (χ1n) is 10.5. The lowest BCUT2D eigenvalue weighted by Crippen LogP contribution is -2.31. The van der Waals surface area contributed by atoms with Gasteiger partial charge in [-0.05, 0) is 56.5 Å². The highest BCUT2D eigenvalue weighted by Crippen LogP contribution is 2.44. The van der Waals surface area contributed by atoms with Crippen LogP contribution in [-0.2, 0) is 5.60 Å². The van der Waals surface area contributed by atoms with Gasteiger partial charge in [0.05, 0.1) is 22.4 Å². The van der Waals surface area contributed by atoms with Gasteiger partial charge >= 0.3 is 0 Å². The number of hydrogen-bond acceptors (Lipinski definition) is 7. The normalized spacial score (nSPS) is 15.8. The molecule has 9 nitrogen and oxygen atoms in total. The van der Waals surface area contributed by atoms with E-state index < -0.39 is 5.60 Å².